The van der Waals surface area contributed by atoms with Crippen molar-refractivity contribution in [2.24, 2.45) is 11.1 Å². The summed E-state index contributed by atoms with van der Waals surface area (Å²) in [7, 11) is 0. The summed E-state index contributed by atoms with van der Waals surface area (Å²) < 4.78 is 0. The molecule has 0 bridgehead atoms. The largest absolute Gasteiger partial charge is 0.480 e. The van der Waals surface area contributed by atoms with E-state index in [0.717, 1.165) is 0 Å². The van der Waals surface area contributed by atoms with Crippen molar-refractivity contribution in [1.82, 2.24) is 9.80 Å². The highest BCUT2D eigenvalue weighted by Gasteiger charge is 2.44. The van der Waals surface area contributed by atoms with E-state index in [1.165, 1.54) is 21.6 Å². The summed E-state index contributed by atoms with van der Waals surface area (Å²) >= 11 is 1.42. The van der Waals surface area contributed by atoms with Crippen molar-refractivity contribution in [2.45, 2.75) is 19.4 Å². The van der Waals surface area contributed by atoms with Gasteiger partial charge in [-0.25, -0.2) is 9.59 Å². The molecule has 0 aromatic carbocycles. The molecule has 2 atom stereocenters. The molecule has 8 heteroatoms. The van der Waals surface area contributed by atoms with Gasteiger partial charge in [0.1, 0.15) is 6.04 Å². The Morgan fingerprint density at radius 1 is 1.42 bits per heavy atom. The monoisotopic (exact) mass is 287 g/mol. The number of nitrogens with zero attached hydrogens (tertiary/aromatic N) is 2. The lowest BCUT2D eigenvalue weighted by atomic mass is 9.89. The molecule has 2 heterocycles. The van der Waals surface area contributed by atoms with E-state index in [4.69, 9.17) is 10.8 Å². The first-order valence-corrected chi connectivity index (χ1v) is 7.16. The van der Waals surface area contributed by atoms with Crippen LogP contribution in [-0.4, -0.2) is 63.6 Å². The second kappa shape index (κ2) is 4.92. The third kappa shape index (κ3) is 2.49. The van der Waals surface area contributed by atoms with Gasteiger partial charge in [-0.3, -0.25) is 4.79 Å². The number of urea groups is 1. The highest BCUT2D eigenvalue weighted by Crippen LogP contribution is 2.31. The van der Waals surface area contributed by atoms with Gasteiger partial charge in [-0.05, 0) is 13.3 Å². The quantitative estimate of drug-likeness (QED) is 0.729. The van der Waals surface area contributed by atoms with Gasteiger partial charge in [0, 0.05) is 18.8 Å². The lowest BCUT2D eigenvalue weighted by Crippen LogP contribution is -2.49. The number of amides is 3. The van der Waals surface area contributed by atoms with Crippen LogP contribution in [0.1, 0.15) is 13.3 Å². The van der Waals surface area contributed by atoms with Crippen LogP contribution >= 0.6 is 11.8 Å². The van der Waals surface area contributed by atoms with Crippen LogP contribution in [0.15, 0.2) is 0 Å². The van der Waals surface area contributed by atoms with Crippen LogP contribution in [0.3, 0.4) is 0 Å². The van der Waals surface area contributed by atoms with Crippen LogP contribution in [0.25, 0.3) is 0 Å². The van der Waals surface area contributed by atoms with Gasteiger partial charge in [0.05, 0.1) is 11.3 Å². The summed E-state index contributed by atoms with van der Waals surface area (Å²) in [4.78, 5) is 37.6. The fraction of sp³-hybridized carbons (Fsp3) is 0.727. The normalized spacial score (nSPS) is 30.7. The van der Waals surface area contributed by atoms with Gasteiger partial charge in [-0.2, -0.15) is 0 Å². The molecule has 3 amide bonds. The molecule has 2 aliphatic heterocycles. The molecule has 0 radical (unpaired) electrons. The summed E-state index contributed by atoms with van der Waals surface area (Å²) in [6, 6.07) is -1.10. The SMILES string of the molecule is CC1(C(N)=O)CCN(C(=O)N2CSCC2C(=O)O)C1. The van der Waals surface area contributed by atoms with Crippen LogP contribution in [0.4, 0.5) is 4.79 Å². The first kappa shape index (κ1) is 14.0. The Kier molecular flexibility index (Phi) is 3.62. The predicted octanol–water partition coefficient (Wildman–Crippen LogP) is -0.237. The minimum Gasteiger partial charge on any atom is -0.480 e. The van der Waals surface area contributed by atoms with E-state index in [9.17, 15) is 14.4 Å². The molecule has 2 unspecified atom stereocenters. The van der Waals surface area contributed by atoms with Gasteiger partial charge in [-0.1, -0.05) is 0 Å². The average molecular weight is 287 g/mol. The number of thioether (sulfide) groups is 1. The smallest absolute Gasteiger partial charge is 0.327 e. The summed E-state index contributed by atoms with van der Waals surface area (Å²) in [6.07, 6.45) is 0.521. The first-order chi connectivity index (χ1) is 8.85. The van der Waals surface area contributed by atoms with Gasteiger partial charge in [0.25, 0.3) is 0 Å². The minimum absolute atomic E-state index is 0.259. The highest BCUT2D eigenvalue weighted by atomic mass is 32.2. The van der Waals surface area contributed by atoms with Crippen molar-refractivity contribution in [2.75, 3.05) is 24.7 Å². The van der Waals surface area contributed by atoms with Gasteiger partial charge < -0.3 is 20.6 Å². The van der Waals surface area contributed by atoms with Crippen molar-refractivity contribution in [1.29, 1.82) is 0 Å². The number of carboxylic acids is 1. The topological polar surface area (TPSA) is 104 Å². The van der Waals surface area contributed by atoms with E-state index >= 15 is 0 Å². The Morgan fingerprint density at radius 2 is 2.11 bits per heavy atom. The Labute approximate surface area is 115 Å². The van der Waals surface area contributed by atoms with Crippen LogP contribution in [0.5, 0.6) is 0 Å². The molecule has 19 heavy (non-hydrogen) atoms. The molecule has 106 valence electrons. The van der Waals surface area contributed by atoms with Gasteiger partial charge in [-0.15, -0.1) is 11.8 Å². The number of primary amides is 1. The van der Waals surface area contributed by atoms with E-state index < -0.39 is 23.3 Å². The molecule has 2 fully saturated rings. The third-order valence-electron chi connectivity index (χ3n) is 3.75. The van der Waals surface area contributed by atoms with Gasteiger partial charge >= 0.3 is 12.0 Å². The maximum Gasteiger partial charge on any atom is 0.327 e. The highest BCUT2D eigenvalue weighted by molar-refractivity contribution is 7.99. The standard InChI is InChI=1S/C11H17N3O4S/c1-11(9(12)17)2-3-13(5-11)10(18)14-6-19-4-7(14)8(15)16/h7H,2-6H2,1H3,(H2,12,17)(H,15,16). The van der Waals surface area contributed by atoms with Crippen molar-refractivity contribution < 1.29 is 19.5 Å². The number of rotatable bonds is 2. The Morgan fingerprint density at radius 3 is 2.63 bits per heavy atom. The number of aliphatic carboxylic acids is 1. The summed E-state index contributed by atoms with van der Waals surface area (Å²) in [6.45, 7) is 2.43. The second-order valence-electron chi connectivity index (χ2n) is 5.20. The predicted molar refractivity (Wildman–Crippen MR) is 69.5 cm³/mol. The minimum atomic E-state index is -0.991. The molecule has 2 aliphatic rings. The van der Waals surface area contributed by atoms with E-state index in [2.05, 4.69) is 0 Å². The van der Waals surface area contributed by atoms with Crippen molar-refractivity contribution in [3.8, 4) is 0 Å². The van der Waals surface area contributed by atoms with Crippen molar-refractivity contribution in [3.63, 3.8) is 0 Å². The van der Waals surface area contributed by atoms with E-state index in [-0.39, 0.29) is 12.6 Å². The zero-order valence-corrected chi connectivity index (χ0v) is 11.5. The number of hydrogen-bond acceptors (Lipinski definition) is 4. The summed E-state index contributed by atoms with van der Waals surface area (Å²) in [5.41, 5.74) is 4.63. The second-order valence-corrected chi connectivity index (χ2v) is 6.20. The van der Waals surface area contributed by atoms with E-state index in [1.54, 1.807) is 6.92 Å². The maximum absolute atomic E-state index is 12.3. The number of nitrogens with two attached hydrogens (primary N) is 1. The number of hydrogen-bond donors (Lipinski definition) is 2. The maximum atomic E-state index is 12.3. The lowest BCUT2D eigenvalue weighted by Gasteiger charge is -2.27. The molecule has 0 spiro atoms. The van der Waals surface area contributed by atoms with E-state index in [1.807, 2.05) is 0 Å². The molecule has 0 aliphatic carbocycles. The van der Waals surface area contributed by atoms with Crippen LogP contribution in [-0.2, 0) is 9.59 Å². The average Bonchev–Trinajstić information content (AvgIpc) is 2.95. The molecule has 0 aromatic heterocycles. The number of carbonyl (C=O) groups excluding carboxylic acids is 2. The molecular formula is C11H17N3O4S. The fourth-order valence-electron chi connectivity index (χ4n) is 2.34. The van der Waals surface area contributed by atoms with Crippen molar-refractivity contribution in [3.05, 3.63) is 0 Å². The number of carboxylic acid groups (broad SMARTS) is 1. The molecular weight excluding hydrogens is 270 g/mol. The lowest BCUT2D eigenvalue weighted by molar-refractivity contribution is -0.141. The van der Waals surface area contributed by atoms with Crippen LogP contribution < -0.4 is 5.73 Å². The molecule has 0 aromatic rings. The molecule has 0 saturated carbocycles. The fourth-order valence-corrected chi connectivity index (χ4v) is 3.48. The first-order valence-electron chi connectivity index (χ1n) is 6.01. The summed E-state index contributed by atoms with van der Waals surface area (Å²) in [5.74, 6) is -0.634. The molecule has 3 N–H and O–H groups in total. The third-order valence-corrected chi connectivity index (χ3v) is 4.76. The van der Waals surface area contributed by atoms with Crippen LogP contribution in [0.2, 0.25) is 0 Å². The van der Waals surface area contributed by atoms with Crippen molar-refractivity contribution >= 4 is 29.7 Å². The molecule has 2 saturated heterocycles. The van der Waals surface area contributed by atoms with Gasteiger partial charge in [0.2, 0.25) is 5.91 Å². The Balaban J connectivity index is 2.06. The number of carbonyl (C=O) groups is 3. The molecule has 7 nitrogen and oxygen atoms in total. The zero-order chi connectivity index (χ0) is 14.2. The van der Waals surface area contributed by atoms with Crippen LogP contribution in [0, 0.1) is 5.41 Å². The molecule has 2 rings (SSSR count). The number of likely N-dealkylation sites (tertiary alicyclic amines) is 1. The zero-order valence-electron chi connectivity index (χ0n) is 10.7. The summed E-state index contributed by atoms with van der Waals surface area (Å²) in [5, 5.41) is 9.07. The van der Waals surface area contributed by atoms with Gasteiger partial charge in [0.15, 0.2) is 0 Å². The Hall–Kier alpha value is -1.44. The Bertz CT molecular complexity index is 430. The van der Waals surface area contributed by atoms with E-state index in [0.29, 0.717) is 24.6 Å².